The standard InChI is InChI=1S/C12H24N4O2/c1-9(8-18-2)15-12(13)14-7-3-4-11(17)16-10-5-6-10/h9-10H,3-8H2,1-2H3,(H,16,17)(H3,13,14,15). The molecule has 4 N–H and O–H groups in total. The molecule has 1 aliphatic rings. The highest BCUT2D eigenvalue weighted by Gasteiger charge is 2.22. The van der Waals surface area contributed by atoms with E-state index in [1.807, 2.05) is 6.92 Å². The molecule has 6 nitrogen and oxygen atoms in total. The van der Waals surface area contributed by atoms with Gasteiger partial charge in [0.25, 0.3) is 0 Å². The van der Waals surface area contributed by atoms with Crippen molar-refractivity contribution in [3.63, 3.8) is 0 Å². The van der Waals surface area contributed by atoms with E-state index < -0.39 is 0 Å². The van der Waals surface area contributed by atoms with Crippen molar-refractivity contribution in [2.75, 3.05) is 20.3 Å². The summed E-state index contributed by atoms with van der Waals surface area (Å²) in [6, 6.07) is 0.569. The van der Waals surface area contributed by atoms with Crippen molar-refractivity contribution in [2.45, 2.75) is 44.7 Å². The van der Waals surface area contributed by atoms with E-state index in [0.717, 1.165) is 19.3 Å². The number of carbonyl (C=O) groups excluding carboxylic acids is 1. The number of amides is 1. The van der Waals surface area contributed by atoms with Gasteiger partial charge in [-0.1, -0.05) is 0 Å². The van der Waals surface area contributed by atoms with Crippen molar-refractivity contribution >= 4 is 11.9 Å². The molecule has 6 heteroatoms. The Bertz CT molecular complexity index is 290. The second-order valence-corrected chi connectivity index (χ2v) is 4.71. The van der Waals surface area contributed by atoms with Crippen LogP contribution in [0, 0.1) is 0 Å². The summed E-state index contributed by atoms with van der Waals surface area (Å²) >= 11 is 0. The lowest BCUT2D eigenvalue weighted by Gasteiger charge is -2.12. The van der Waals surface area contributed by atoms with Crippen LogP contribution in [0.5, 0.6) is 0 Å². The highest BCUT2D eigenvalue weighted by molar-refractivity contribution is 5.78. The van der Waals surface area contributed by atoms with Crippen LogP contribution in [-0.4, -0.2) is 44.2 Å². The van der Waals surface area contributed by atoms with Crippen molar-refractivity contribution in [3.05, 3.63) is 0 Å². The molecule has 0 aromatic carbocycles. The number of carbonyl (C=O) groups is 1. The van der Waals surface area contributed by atoms with Gasteiger partial charge in [0, 0.05) is 32.2 Å². The first-order valence-electron chi connectivity index (χ1n) is 6.46. The Morgan fingerprint density at radius 3 is 2.89 bits per heavy atom. The van der Waals surface area contributed by atoms with Gasteiger partial charge >= 0.3 is 0 Å². The van der Waals surface area contributed by atoms with Crippen LogP contribution in [0.25, 0.3) is 0 Å². The third-order valence-electron chi connectivity index (χ3n) is 2.60. The largest absolute Gasteiger partial charge is 0.383 e. The van der Waals surface area contributed by atoms with Gasteiger partial charge in [-0.2, -0.15) is 0 Å². The minimum Gasteiger partial charge on any atom is -0.383 e. The summed E-state index contributed by atoms with van der Waals surface area (Å²) in [5.74, 6) is 0.522. The van der Waals surface area contributed by atoms with Crippen molar-refractivity contribution in [1.29, 1.82) is 0 Å². The lowest BCUT2D eigenvalue weighted by Crippen LogP contribution is -2.40. The number of hydrogen-bond donors (Lipinski definition) is 3. The van der Waals surface area contributed by atoms with Crippen molar-refractivity contribution in [3.8, 4) is 0 Å². The lowest BCUT2D eigenvalue weighted by atomic mass is 10.3. The predicted molar refractivity (Wildman–Crippen MR) is 71.4 cm³/mol. The highest BCUT2D eigenvalue weighted by atomic mass is 16.5. The van der Waals surface area contributed by atoms with Crippen LogP contribution in [-0.2, 0) is 9.53 Å². The number of nitrogens with zero attached hydrogens (tertiary/aromatic N) is 1. The van der Waals surface area contributed by atoms with E-state index in [2.05, 4.69) is 15.6 Å². The monoisotopic (exact) mass is 256 g/mol. The molecule has 18 heavy (non-hydrogen) atoms. The molecule has 0 saturated heterocycles. The highest BCUT2D eigenvalue weighted by Crippen LogP contribution is 2.18. The normalized spacial score (nSPS) is 17.3. The quantitative estimate of drug-likeness (QED) is 0.323. The molecule has 1 amide bonds. The van der Waals surface area contributed by atoms with Crippen LogP contribution in [0.3, 0.4) is 0 Å². The average Bonchev–Trinajstić information content (AvgIpc) is 3.08. The molecule has 0 aromatic heterocycles. The van der Waals surface area contributed by atoms with Gasteiger partial charge in [-0.25, -0.2) is 0 Å². The summed E-state index contributed by atoms with van der Waals surface area (Å²) in [5, 5.41) is 5.95. The molecule has 1 atom stereocenters. The Morgan fingerprint density at radius 2 is 2.28 bits per heavy atom. The third kappa shape index (κ3) is 7.11. The number of rotatable bonds is 8. The molecule has 1 rings (SSSR count). The lowest BCUT2D eigenvalue weighted by molar-refractivity contribution is -0.121. The van der Waals surface area contributed by atoms with Crippen molar-refractivity contribution in [2.24, 2.45) is 10.7 Å². The summed E-state index contributed by atoms with van der Waals surface area (Å²) in [5.41, 5.74) is 5.70. The summed E-state index contributed by atoms with van der Waals surface area (Å²) in [6.07, 6.45) is 3.48. The fourth-order valence-corrected chi connectivity index (χ4v) is 1.56. The maximum absolute atomic E-state index is 11.4. The molecule has 1 fully saturated rings. The summed E-state index contributed by atoms with van der Waals surface area (Å²) < 4.78 is 4.98. The number of guanidine groups is 1. The molecule has 1 aliphatic carbocycles. The minimum atomic E-state index is 0.118. The van der Waals surface area contributed by atoms with Crippen LogP contribution in [0.1, 0.15) is 32.6 Å². The molecule has 0 aliphatic heterocycles. The molecule has 0 radical (unpaired) electrons. The van der Waals surface area contributed by atoms with Crippen molar-refractivity contribution < 1.29 is 9.53 Å². The topological polar surface area (TPSA) is 88.7 Å². The molecule has 1 unspecified atom stereocenters. The maximum Gasteiger partial charge on any atom is 0.220 e. The van der Waals surface area contributed by atoms with Gasteiger partial charge in [-0.3, -0.25) is 9.79 Å². The van der Waals surface area contributed by atoms with Crippen LogP contribution < -0.4 is 16.4 Å². The Balaban J connectivity index is 2.05. The van der Waals surface area contributed by atoms with E-state index in [1.54, 1.807) is 7.11 Å². The average molecular weight is 256 g/mol. The molecule has 104 valence electrons. The van der Waals surface area contributed by atoms with E-state index >= 15 is 0 Å². The van der Waals surface area contributed by atoms with Gasteiger partial charge in [0.15, 0.2) is 5.96 Å². The van der Waals surface area contributed by atoms with Crippen LogP contribution in [0.15, 0.2) is 4.99 Å². The fraction of sp³-hybridized carbons (Fsp3) is 0.833. The second-order valence-electron chi connectivity index (χ2n) is 4.71. The Hall–Kier alpha value is -1.30. The van der Waals surface area contributed by atoms with E-state index in [-0.39, 0.29) is 11.9 Å². The number of nitrogens with two attached hydrogens (primary N) is 1. The van der Waals surface area contributed by atoms with Gasteiger partial charge in [0.2, 0.25) is 5.91 Å². The van der Waals surface area contributed by atoms with Crippen LogP contribution in [0.2, 0.25) is 0 Å². The molecule has 1 saturated carbocycles. The zero-order valence-electron chi connectivity index (χ0n) is 11.2. The van der Waals surface area contributed by atoms with Gasteiger partial charge in [0.1, 0.15) is 0 Å². The summed E-state index contributed by atoms with van der Waals surface area (Å²) in [4.78, 5) is 15.5. The number of nitrogens with one attached hydrogen (secondary N) is 2. The summed E-state index contributed by atoms with van der Waals surface area (Å²) in [7, 11) is 1.64. The molecule has 0 spiro atoms. The van der Waals surface area contributed by atoms with Crippen molar-refractivity contribution in [1.82, 2.24) is 10.6 Å². The van der Waals surface area contributed by atoms with E-state index in [4.69, 9.17) is 10.5 Å². The van der Waals surface area contributed by atoms with E-state index in [9.17, 15) is 4.79 Å². The van der Waals surface area contributed by atoms with Crippen LogP contribution in [0.4, 0.5) is 0 Å². The molecular weight excluding hydrogens is 232 g/mol. The summed E-state index contributed by atoms with van der Waals surface area (Å²) in [6.45, 7) is 3.12. The molecular formula is C12H24N4O2. The Morgan fingerprint density at radius 1 is 1.56 bits per heavy atom. The molecule has 0 bridgehead atoms. The number of aliphatic imine (C=N–C) groups is 1. The van der Waals surface area contributed by atoms with Gasteiger partial charge < -0.3 is 21.1 Å². The number of methoxy groups -OCH3 is 1. The van der Waals surface area contributed by atoms with E-state index in [1.165, 1.54) is 0 Å². The first kappa shape index (κ1) is 14.8. The van der Waals surface area contributed by atoms with Gasteiger partial charge in [-0.15, -0.1) is 0 Å². The fourth-order valence-electron chi connectivity index (χ4n) is 1.56. The smallest absolute Gasteiger partial charge is 0.220 e. The predicted octanol–water partition coefficient (Wildman–Crippen LogP) is -0.0156. The third-order valence-corrected chi connectivity index (χ3v) is 2.60. The number of ether oxygens (including phenoxy) is 1. The zero-order valence-corrected chi connectivity index (χ0v) is 11.2. The number of hydrogen-bond acceptors (Lipinski definition) is 3. The second kappa shape index (κ2) is 7.92. The SMILES string of the molecule is COCC(C)NC(N)=NCCCC(=O)NC1CC1. The van der Waals surface area contributed by atoms with E-state index in [0.29, 0.717) is 31.6 Å². The molecule has 0 aromatic rings. The van der Waals surface area contributed by atoms with Crippen LogP contribution >= 0.6 is 0 Å². The Labute approximate surface area is 108 Å². The van der Waals surface area contributed by atoms with Gasteiger partial charge in [-0.05, 0) is 26.2 Å². The minimum absolute atomic E-state index is 0.118. The zero-order chi connectivity index (χ0) is 13.4. The molecule has 0 heterocycles. The first-order chi connectivity index (χ1) is 8.61. The first-order valence-corrected chi connectivity index (χ1v) is 6.46. The van der Waals surface area contributed by atoms with Gasteiger partial charge in [0.05, 0.1) is 6.61 Å². The maximum atomic E-state index is 11.4. The Kier molecular flexibility index (Phi) is 6.49.